The smallest absolute Gasteiger partial charge is 0.220 e. The number of ether oxygens (including phenoxy) is 1. The van der Waals surface area contributed by atoms with Crippen LogP contribution in [0.3, 0.4) is 0 Å². The van der Waals surface area contributed by atoms with Gasteiger partial charge in [0, 0.05) is 19.0 Å². The van der Waals surface area contributed by atoms with Gasteiger partial charge in [-0.3, -0.25) is 4.79 Å². The molecule has 1 rings (SSSR count). The molecule has 0 aromatic heterocycles. The number of carbonyl (C=O) groups excluding carboxylic acids is 1. The van der Waals surface area contributed by atoms with Crippen molar-refractivity contribution in [2.45, 2.75) is 45.1 Å². The molecule has 0 aliphatic rings. The van der Waals surface area contributed by atoms with Crippen LogP contribution in [0.1, 0.15) is 44.6 Å². The number of carbonyl (C=O) groups is 1. The van der Waals surface area contributed by atoms with E-state index in [4.69, 9.17) is 10.5 Å². The molecule has 0 heterocycles. The second-order valence-electron chi connectivity index (χ2n) is 5.33. The predicted octanol–water partition coefficient (Wildman–Crippen LogP) is 2.85. The second kappa shape index (κ2) is 10.5. The Bertz CT molecular complexity index is 407. The van der Waals surface area contributed by atoms with Gasteiger partial charge < -0.3 is 15.8 Å². The van der Waals surface area contributed by atoms with E-state index in [0.717, 1.165) is 18.6 Å². The number of nitrogens with two attached hydrogens (primary N) is 1. The number of amides is 1. The molecule has 1 aromatic rings. The molecule has 5 heteroatoms. The molecule has 2 unspecified atom stereocenters. The van der Waals surface area contributed by atoms with E-state index in [1.165, 1.54) is 5.56 Å². The zero-order chi connectivity index (χ0) is 15.0. The molecule has 1 amide bonds. The number of hydrogen-bond acceptors (Lipinski definition) is 3. The normalized spacial score (nSPS) is 13.0. The quantitative estimate of drug-likeness (QED) is 0.775. The van der Waals surface area contributed by atoms with E-state index >= 15 is 0 Å². The van der Waals surface area contributed by atoms with Crippen LogP contribution in [0.15, 0.2) is 24.3 Å². The van der Waals surface area contributed by atoms with Crippen LogP contribution in [0, 0.1) is 0 Å². The summed E-state index contributed by atoms with van der Waals surface area (Å²) < 4.78 is 5.14. The molecule has 4 nitrogen and oxygen atoms in total. The van der Waals surface area contributed by atoms with E-state index < -0.39 is 0 Å². The second-order valence-corrected chi connectivity index (χ2v) is 5.33. The van der Waals surface area contributed by atoms with Gasteiger partial charge in [0.25, 0.3) is 0 Å². The van der Waals surface area contributed by atoms with Crippen molar-refractivity contribution in [3.05, 3.63) is 29.8 Å². The molecule has 0 aliphatic heterocycles. The minimum atomic E-state index is 0. The molecular weight excluding hydrogens is 288 g/mol. The average Bonchev–Trinajstić information content (AvgIpc) is 2.45. The van der Waals surface area contributed by atoms with Crippen molar-refractivity contribution in [1.29, 1.82) is 0 Å². The number of rotatable bonds is 8. The lowest BCUT2D eigenvalue weighted by Gasteiger charge is -2.13. The fraction of sp³-hybridized carbons (Fsp3) is 0.562. The highest BCUT2D eigenvalue weighted by Gasteiger charge is 2.07. The van der Waals surface area contributed by atoms with Crippen LogP contribution in [-0.2, 0) is 4.79 Å². The summed E-state index contributed by atoms with van der Waals surface area (Å²) in [4.78, 5) is 11.6. The summed E-state index contributed by atoms with van der Waals surface area (Å²) in [5.74, 6) is 1.36. The van der Waals surface area contributed by atoms with Gasteiger partial charge >= 0.3 is 0 Å². The number of nitrogens with one attached hydrogen (secondary N) is 1. The highest BCUT2D eigenvalue weighted by Crippen LogP contribution is 2.21. The van der Waals surface area contributed by atoms with Crippen LogP contribution >= 0.6 is 12.4 Å². The van der Waals surface area contributed by atoms with Gasteiger partial charge in [0.2, 0.25) is 5.91 Å². The summed E-state index contributed by atoms with van der Waals surface area (Å²) in [5.41, 5.74) is 6.89. The van der Waals surface area contributed by atoms with Crippen molar-refractivity contribution in [2.24, 2.45) is 5.73 Å². The predicted molar refractivity (Wildman–Crippen MR) is 89.2 cm³/mol. The fourth-order valence-electron chi connectivity index (χ4n) is 1.97. The molecule has 0 radical (unpaired) electrons. The Morgan fingerprint density at radius 2 is 1.86 bits per heavy atom. The Balaban J connectivity index is 0.00000400. The third-order valence-corrected chi connectivity index (χ3v) is 3.41. The van der Waals surface area contributed by atoms with Gasteiger partial charge in [-0.25, -0.2) is 0 Å². The summed E-state index contributed by atoms with van der Waals surface area (Å²) in [6, 6.07) is 8.15. The lowest BCUT2D eigenvalue weighted by atomic mass is 9.98. The average molecular weight is 315 g/mol. The Hall–Kier alpha value is -1.26. The monoisotopic (exact) mass is 314 g/mol. The fourth-order valence-corrected chi connectivity index (χ4v) is 1.97. The van der Waals surface area contributed by atoms with Crippen LogP contribution in [0.4, 0.5) is 0 Å². The summed E-state index contributed by atoms with van der Waals surface area (Å²) in [6.45, 7) is 4.78. The van der Waals surface area contributed by atoms with Crippen molar-refractivity contribution in [2.75, 3.05) is 13.7 Å². The minimum absolute atomic E-state index is 0. The van der Waals surface area contributed by atoms with Crippen LogP contribution in [0.25, 0.3) is 0 Å². The molecule has 0 aliphatic carbocycles. The number of methoxy groups -OCH3 is 1. The van der Waals surface area contributed by atoms with E-state index in [1.54, 1.807) is 7.11 Å². The molecule has 120 valence electrons. The maximum Gasteiger partial charge on any atom is 0.220 e. The molecule has 21 heavy (non-hydrogen) atoms. The number of halogens is 1. The van der Waals surface area contributed by atoms with Gasteiger partial charge in [-0.15, -0.1) is 12.4 Å². The molecule has 0 bridgehead atoms. The van der Waals surface area contributed by atoms with Crippen molar-refractivity contribution in [3.8, 4) is 5.75 Å². The Morgan fingerprint density at radius 1 is 1.24 bits per heavy atom. The summed E-state index contributed by atoms with van der Waals surface area (Å²) in [5, 5.41) is 2.94. The first kappa shape index (κ1) is 19.7. The summed E-state index contributed by atoms with van der Waals surface area (Å²) in [7, 11) is 1.66. The Labute approximate surface area is 133 Å². The third-order valence-electron chi connectivity index (χ3n) is 3.41. The van der Waals surface area contributed by atoms with Crippen LogP contribution in [0.2, 0.25) is 0 Å². The standard InChI is InChI=1S/C16H26N2O2.ClH/c1-12(14-5-7-15(20-3)8-6-14)10-11-18-16(19)9-4-13(2)17;/h5-8,12-13H,4,9-11,17H2,1-3H3,(H,18,19);1H. The van der Waals surface area contributed by atoms with Gasteiger partial charge in [-0.1, -0.05) is 19.1 Å². The first-order valence-electron chi connectivity index (χ1n) is 7.19. The molecule has 0 saturated carbocycles. The minimum Gasteiger partial charge on any atom is -0.497 e. The maximum atomic E-state index is 11.6. The molecule has 2 atom stereocenters. The number of hydrogen-bond donors (Lipinski definition) is 2. The van der Waals surface area contributed by atoms with Crippen molar-refractivity contribution >= 4 is 18.3 Å². The van der Waals surface area contributed by atoms with E-state index in [9.17, 15) is 4.79 Å². The molecule has 0 spiro atoms. The van der Waals surface area contributed by atoms with E-state index in [-0.39, 0.29) is 24.4 Å². The van der Waals surface area contributed by atoms with Gasteiger partial charge in [0.05, 0.1) is 7.11 Å². The lowest BCUT2D eigenvalue weighted by Crippen LogP contribution is -2.27. The van der Waals surface area contributed by atoms with Gasteiger partial charge in [0.1, 0.15) is 5.75 Å². The molecular formula is C16H27ClN2O2. The van der Waals surface area contributed by atoms with Crippen LogP contribution < -0.4 is 15.8 Å². The maximum absolute atomic E-state index is 11.6. The van der Waals surface area contributed by atoms with Gasteiger partial charge in [0.15, 0.2) is 0 Å². The Morgan fingerprint density at radius 3 is 2.38 bits per heavy atom. The molecule has 0 fully saturated rings. The first-order chi connectivity index (χ1) is 9.52. The first-order valence-corrected chi connectivity index (χ1v) is 7.19. The SMILES string of the molecule is COc1ccc(C(C)CCNC(=O)CCC(C)N)cc1.Cl. The highest BCUT2D eigenvalue weighted by molar-refractivity contribution is 5.85. The molecule has 3 N–H and O–H groups in total. The van der Waals surface area contributed by atoms with E-state index in [0.29, 0.717) is 18.9 Å². The van der Waals surface area contributed by atoms with E-state index in [2.05, 4.69) is 24.4 Å². The third kappa shape index (κ3) is 7.93. The van der Waals surface area contributed by atoms with Crippen LogP contribution in [-0.4, -0.2) is 25.6 Å². The zero-order valence-electron chi connectivity index (χ0n) is 13.1. The zero-order valence-corrected chi connectivity index (χ0v) is 13.9. The van der Waals surface area contributed by atoms with E-state index in [1.807, 2.05) is 19.1 Å². The van der Waals surface area contributed by atoms with Crippen molar-refractivity contribution < 1.29 is 9.53 Å². The largest absolute Gasteiger partial charge is 0.497 e. The molecule has 1 aromatic carbocycles. The summed E-state index contributed by atoms with van der Waals surface area (Å²) >= 11 is 0. The van der Waals surface area contributed by atoms with Crippen LogP contribution in [0.5, 0.6) is 5.75 Å². The topological polar surface area (TPSA) is 64.3 Å². The molecule has 0 saturated heterocycles. The number of benzene rings is 1. The Kier molecular flexibility index (Phi) is 9.84. The van der Waals surface area contributed by atoms with Crippen molar-refractivity contribution in [3.63, 3.8) is 0 Å². The van der Waals surface area contributed by atoms with Crippen molar-refractivity contribution in [1.82, 2.24) is 5.32 Å². The van der Waals surface area contributed by atoms with Gasteiger partial charge in [-0.05, 0) is 43.4 Å². The van der Waals surface area contributed by atoms with Gasteiger partial charge in [-0.2, -0.15) is 0 Å². The lowest BCUT2D eigenvalue weighted by molar-refractivity contribution is -0.121. The summed E-state index contributed by atoms with van der Waals surface area (Å²) in [6.07, 6.45) is 2.17. The highest BCUT2D eigenvalue weighted by atomic mass is 35.5.